The van der Waals surface area contributed by atoms with Gasteiger partial charge in [-0.3, -0.25) is 14.6 Å². The van der Waals surface area contributed by atoms with Gasteiger partial charge in [0.05, 0.1) is 0 Å². The fourth-order valence-corrected chi connectivity index (χ4v) is 2.24. The summed E-state index contributed by atoms with van der Waals surface area (Å²) in [6, 6.07) is 10.7. The molecule has 5 heteroatoms. The smallest absolute Gasteiger partial charge is 0.274 e. The molecule has 0 saturated carbocycles. The zero-order chi connectivity index (χ0) is 17.5. The van der Waals surface area contributed by atoms with Gasteiger partial charge in [-0.2, -0.15) is 0 Å². The lowest BCUT2D eigenvalue weighted by molar-refractivity contribution is 0.0793. The van der Waals surface area contributed by atoms with E-state index in [-0.39, 0.29) is 17.5 Å². The molecule has 1 N–H and O–H groups in total. The van der Waals surface area contributed by atoms with Crippen LogP contribution in [0, 0.1) is 6.92 Å². The summed E-state index contributed by atoms with van der Waals surface area (Å²) in [7, 11) is 1.77. The van der Waals surface area contributed by atoms with Gasteiger partial charge >= 0.3 is 0 Å². The van der Waals surface area contributed by atoms with Crippen LogP contribution in [-0.2, 0) is 0 Å². The van der Waals surface area contributed by atoms with Crippen LogP contribution in [0.4, 0.5) is 5.69 Å². The Balaban J connectivity index is 2.10. The Morgan fingerprint density at radius 3 is 2.54 bits per heavy atom. The van der Waals surface area contributed by atoms with Gasteiger partial charge in [0.15, 0.2) is 0 Å². The molecule has 0 spiro atoms. The minimum atomic E-state index is -0.329. The lowest BCUT2D eigenvalue weighted by Crippen LogP contribution is -2.28. The summed E-state index contributed by atoms with van der Waals surface area (Å²) in [6.45, 7) is 4.76. The maximum Gasteiger partial charge on any atom is 0.274 e. The second-order valence-corrected chi connectivity index (χ2v) is 5.83. The molecule has 0 aliphatic carbocycles. The van der Waals surface area contributed by atoms with Crippen molar-refractivity contribution in [1.82, 2.24) is 9.88 Å². The number of nitrogens with zero attached hydrogens (tertiary/aromatic N) is 2. The maximum atomic E-state index is 12.4. The minimum absolute atomic E-state index is 0.102. The van der Waals surface area contributed by atoms with Crippen LogP contribution in [0.5, 0.6) is 0 Å². The summed E-state index contributed by atoms with van der Waals surface area (Å²) in [6.07, 6.45) is 3.47. The molecule has 126 valence electrons. The molecule has 2 rings (SSSR count). The van der Waals surface area contributed by atoms with E-state index in [0.717, 1.165) is 18.4 Å². The predicted molar refractivity (Wildman–Crippen MR) is 95.2 cm³/mol. The van der Waals surface area contributed by atoms with Crippen molar-refractivity contribution >= 4 is 17.5 Å². The lowest BCUT2D eigenvalue weighted by Gasteiger charge is -2.16. The van der Waals surface area contributed by atoms with Crippen LogP contribution in [0.3, 0.4) is 0 Å². The number of carbonyl (C=O) groups excluding carboxylic acids is 2. The van der Waals surface area contributed by atoms with E-state index in [1.807, 2.05) is 31.2 Å². The van der Waals surface area contributed by atoms with Gasteiger partial charge in [-0.1, -0.05) is 31.0 Å². The monoisotopic (exact) mass is 325 g/mol. The number of carbonyl (C=O) groups is 2. The number of aromatic nitrogens is 1. The first-order valence-corrected chi connectivity index (χ1v) is 8.10. The van der Waals surface area contributed by atoms with Gasteiger partial charge in [-0.15, -0.1) is 0 Å². The highest BCUT2D eigenvalue weighted by Gasteiger charge is 2.15. The highest BCUT2D eigenvalue weighted by molar-refractivity contribution is 6.04. The molecule has 2 aromatic rings. The predicted octanol–water partition coefficient (Wildman–Crippen LogP) is 3.51. The van der Waals surface area contributed by atoms with Crippen LogP contribution in [0.1, 0.15) is 46.2 Å². The molecule has 0 fully saturated rings. The number of amides is 2. The summed E-state index contributed by atoms with van der Waals surface area (Å²) in [5.41, 5.74) is 2.51. The lowest BCUT2D eigenvalue weighted by atomic mass is 10.2. The molecule has 0 unspecified atom stereocenters. The zero-order valence-corrected chi connectivity index (χ0v) is 14.4. The molecule has 0 atom stereocenters. The normalized spacial score (nSPS) is 10.3. The van der Waals surface area contributed by atoms with Crippen LogP contribution in [0.15, 0.2) is 42.6 Å². The maximum absolute atomic E-state index is 12.4. The summed E-state index contributed by atoms with van der Waals surface area (Å²) >= 11 is 0. The Labute approximate surface area is 142 Å². The number of anilines is 1. The van der Waals surface area contributed by atoms with E-state index in [9.17, 15) is 9.59 Å². The molecule has 5 nitrogen and oxygen atoms in total. The Bertz CT molecular complexity index is 711. The first-order valence-electron chi connectivity index (χ1n) is 8.10. The summed E-state index contributed by atoms with van der Waals surface area (Å²) in [4.78, 5) is 30.4. The molecule has 2 amide bonds. The van der Waals surface area contributed by atoms with Crippen LogP contribution in [0.25, 0.3) is 0 Å². The zero-order valence-electron chi connectivity index (χ0n) is 14.4. The van der Waals surface area contributed by atoms with E-state index >= 15 is 0 Å². The van der Waals surface area contributed by atoms with Crippen LogP contribution < -0.4 is 5.32 Å². The van der Waals surface area contributed by atoms with Crippen LogP contribution in [0.2, 0.25) is 0 Å². The van der Waals surface area contributed by atoms with Gasteiger partial charge in [-0.25, -0.2) is 0 Å². The highest BCUT2D eigenvalue weighted by atomic mass is 16.2. The highest BCUT2D eigenvalue weighted by Crippen LogP contribution is 2.11. The van der Waals surface area contributed by atoms with Gasteiger partial charge in [0, 0.05) is 31.0 Å². The molecular formula is C19H23N3O2. The molecule has 1 aromatic carbocycles. The summed E-state index contributed by atoms with van der Waals surface area (Å²) < 4.78 is 0. The third kappa shape index (κ3) is 4.65. The van der Waals surface area contributed by atoms with Gasteiger partial charge in [0.2, 0.25) is 0 Å². The van der Waals surface area contributed by atoms with E-state index in [2.05, 4.69) is 17.2 Å². The van der Waals surface area contributed by atoms with Crippen molar-refractivity contribution in [3.63, 3.8) is 0 Å². The molecule has 1 aromatic heterocycles. The Morgan fingerprint density at radius 2 is 1.88 bits per heavy atom. The first kappa shape index (κ1) is 17.7. The number of benzene rings is 1. The Morgan fingerprint density at radius 1 is 1.17 bits per heavy atom. The number of unbranched alkanes of at least 4 members (excludes halogenated alkanes) is 1. The third-order valence-corrected chi connectivity index (χ3v) is 3.74. The van der Waals surface area contributed by atoms with E-state index in [0.29, 0.717) is 17.8 Å². The van der Waals surface area contributed by atoms with Crippen molar-refractivity contribution in [3.05, 3.63) is 59.4 Å². The number of nitrogens with one attached hydrogen (secondary N) is 1. The summed E-state index contributed by atoms with van der Waals surface area (Å²) in [5, 5.41) is 2.79. The largest absolute Gasteiger partial charge is 0.342 e. The average Bonchev–Trinajstić information content (AvgIpc) is 2.61. The Hall–Kier alpha value is -2.69. The quantitative estimate of drug-likeness (QED) is 0.884. The van der Waals surface area contributed by atoms with Gasteiger partial charge in [0.1, 0.15) is 5.69 Å². The van der Waals surface area contributed by atoms with Crippen LogP contribution >= 0.6 is 0 Å². The molecule has 0 saturated heterocycles. The number of rotatable bonds is 6. The third-order valence-electron chi connectivity index (χ3n) is 3.74. The number of aryl methyl sites for hydroxylation is 1. The molecule has 0 radical (unpaired) electrons. The van der Waals surface area contributed by atoms with E-state index in [4.69, 9.17) is 0 Å². The van der Waals surface area contributed by atoms with Crippen LogP contribution in [-0.4, -0.2) is 35.3 Å². The fourth-order valence-electron chi connectivity index (χ4n) is 2.24. The molecule has 0 aliphatic heterocycles. The molecule has 0 bridgehead atoms. The molecule has 0 aliphatic rings. The fraction of sp³-hybridized carbons (Fsp3) is 0.316. The number of pyridine rings is 1. The molecular weight excluding hydrogens is 302 g/mol. The van der Waals surface area contributed by atoms with Gasteiger partial charge < -0.3 is 10.2 Å². The number of hydrogen-bond acceptors (Lipinski definition) is 3. The molecule has 24 heavy (non-hydrogen) atoms. The topological polar surface area (TPSA) is 62.3 Å². The van der Waals surface area contributed by atoms with Crippen molar-refractivity contribution in [2.75, 3.05) is 18.9 Å². The number of hydrogen-bond donors (Lipinski definition) is 1. The standard InChI is InChI=1S/C19H23N3O2/c1-4-5-12-22(3)19(24)15-10-11-20-17(13-15)18(23)21-16-8-6-14(2)7-9-16/h6-11,13H,4-5,12H2,1-3H3,(H,21,23). The first-order chi connectivity index (χ1) is 11.5. The van der Waals surface area contributed by atoms with Gasteiger partial charge in [-0.05, 0) is 37.6 Å². The van der Waals surface area contributed by atoms with Crippen molar-refractivity contribution in [1.29, 1.82) is 0 Å². The van der Waals surface area contributed by atoms with Crippen molar-refractivity contribution in [2.45, 2.75) is 26.7 Å². The van der Waals surface area contributed by atoms with Crippen molar-refractivity contribution in [3.8, 4) is 0 Å². The van der Waals surface area contributed by atoms with E-state index in [1.54, 1.807) is 18.0 Å². The van der Waals surface area contributed by atoms with Gasteiger partial charge in [0.25, 0.3) is 11.8 Å². The van der Waals surface area contributed by atoms with Crippen molar-refractivity contribution in [2.24, 2.45) is 0 Å². The summed E-state index contributed by atoms with van der Waals surface area (Å²) in [5.74, 6) is -0.431. The SMILES string of the molecule is CCCCN(C)C(=O)c1ccnc(C(=O)Nc2ccc(C)cc2)c1. The van der Waals surface area contributed by atoms with E-state index < -0.39 is 0 Å². The molecule has 1 heterocycles. The average molecular weight is 325 g/mol. The Kier molecular flexibility index (Phi) is 6.07. The second kappa shape index (κ2) is 8.24. The second-order valence-electron chi connectivity index (χ2n) is 5.83. The van der Waals surface area contributed by atoms with E-state index in [1.165, 1.54) is 12.3 Å². The minimum Gasteiger partial charge on any atom is -0.342 e. The van der Waals surface area contributed by atoms with Crippen molar-refractivity contribution < 1.29 is 9.59 Å².